The van der Waals surface area contributed by atoms with E-state index in [1.807, 2.05) is 27.7 Å². The number of nitrogens with zero attached hydrogens (tertiary/aromatic N) is 2. The number of nitrogens with one attached hydrogen (secondary N) is 1. The SMILES string of the molecule is CCc1cc(C(=O)NCC(CC(C)C)C(=O)O)n(CC)n1. The molecule has 2 N–H and O–H groups in total. The van der Waals surface area contributed by atoms with E-state index in [-0.39, 0.29) is 18.4 Å². The van der Waals surface area contributed by atoms with Crippen LogP contribution in [0, 0.1) is 11.8 Å². The van der Waals surface area contributed by atoms with Crippen LogP contribution in [0.25, 0.3) is 0 Å². The fourth-order valence-corrected chi connectivity index (χ4v) is 2.21. The lowest BCUT2D eigenvalue weighted by atomic mass is 9.97. The van der Waals surface area contributed by atoms with E-state index < -0.39 is 11.9 Å². The highest BCUT2D eigenvalue weighted by Gasteiger charge is 2.21. The van der Waals surface area contributed by atoms with Gasteiger partial charge in [-0.3, -0.25) is 14.3 Å². The smallest absolute Gasteiger partial charge is 0.308 e. The molecule has 1 aromatic heterocycles. The number of aromatic nitrogens is 2. The Morgan fingerprint density at radius 3 is 2.52 bits per heavy atom. The predicted octanol–water partition coefficient (Wildman–Crippen LogP) is 1.94. The van der Waals surface area contributed by atoms with Crippen molar-refractivity contribution < 1.29 is 14.7 Å². The molecule has 0 saturated heterocycles. The minimum atomic E-state index is -0.873. The van der Waals surface area contributed by atoms with Crippen LogP contribution in [0.3, 0.4) is 0 Å². The van der Waals surface area contributed by atoms with Crippen molar-refractivity contribution in [1.29, 1.82) is 0 Å². The molecule has 0 aliphatic rings. The van der Waals surface area contributed by atoms with Crippen LogP contribution in [0.4, 0.5) is 0 Å². The molecule has 1 atom stereocenters. The highest BCUT2D eigenvalue weighted by molar-refractivity contribution is 5.92. The van der Waals surface area contributed by atoms with E-state index in [9.17, 15) is 14.7 Å². The fourth-order valence-electron chi connectivity index (χ4n) is 2.21. The Labute approximate surface area is 125 Å². The summed E-state index contributed by atoms with van der Waals surface area (Å²) in [6.07, 6.45) is 1.31. The van der Waals surface area contributed by atoms with Crippen LogP contribution in [0.1, 0.15) is 50.3 Å². The molecular formula is C15H25N3O3. The molecule has 1 amide bonds. The summed E-state index contributed by atoms with van der Waals surface area (Å²) < 4.78 is 1.65. The van der Waals surface area contributed by atoms with Crippen LogP contribution in [0.5, 0.6) is 0 Å². The van der Waals surface area contributed by atoms with E-state index in [0.29, 0.717) is 18.7 Å². The number of aryl methyl sites for hydroxylation is 2. The third-order valence-corrected chi connectivity index (χ3v) is 3.34. The van der Waals surface area contributed by atoms with Crippen molar-refractivity contribution in [3.05, 3.63) is 17.5 Å². The van der Waals surface area contributed by atoms with Gasteiger partial charge in [-0.05, 0) is 31.7 Å². The van der Waals surface area contributed by atoms with Gasteiger partial charge in [0, 0.05) is 13.1 Å². The summed E-state index contributed by atoms with van der Waals surface area (Å²) in [5.74, 6) is -1.42. The van der Waals surface area contributed by atoms with Gasteiger partial charge in [0.1, 0.15) is 5.69 Å². The number of rotatable bonds is 8. The second kappa shape index (κ2) is 7.81. The van der Waals surface area contributed by atoms with Crippen LogP contribution in [-0.2, 0) is 17.8 Å². The zero-order valence-electron chi connectivity index (χ0n) is 13.2. The molecular weight excluding hydrogens is 270 g/mol. The molecule has 6 heteroatoms. The molecule has 0 aliphatic carbocycles. The van der Waals surface area contributed by atoms with Crippen molar-refractivity contribution in [2.75, 3.05) is 6.54 Å². The Hall–Kier alpha value is -1.85. The summed E-state index contributed by atoms with van der Waals surface area (Å²) in [4.78, 5) is 23.4. The Balaban J connectivity index is 2.72. The van der Waals surface area contributed by atoms with Gasteiger partial charge in [-0.25, -0.2) is 0 Å². The third kappa shape index (κ3) is 4.88. The molecule has 1 heterocycles. The molecule has 1 unspecified atom stereocenters. The number of hydrogen-bond acceptors (Lipinski definition) is 3. The van der Waals surface area contributed by atoms with Gasteiger partial charge in [-0.1, -0.05) is 20.8 Å². The molecule has 0 aromatic carbocycles. The number of aliphatic carboxylic acids is 1. The number of carbonyl (C=O) groups is 2. The Bertz CT molecular complexity index is 494. The lowest BCUT2D eigenvalue weighted by Gasteiger charge is -2.15. The van der Waals surface area contributed by atoms with Gasteiger partial charge >= 0.3 is 5.97 Å². The Morgan fingerprint density at radius 1 is 1.38 bits per heavy atom. The van der Waals surface area contributed by atoms with E-state index >= 15 is 0 Å². The summed E-state index contributed by atoms with van der Waals surface area (Å²) in [6.45, 7) is 8.59. The van der Waals surface area contributed by atoms with Crippen LogP contribution >= 0.6 is 0 Å². The number of hydrogen-bond donors (Lipinski definition) is 2. The van der Waals surface area contributed by atoms with Crippen LogP contribution in [-0.4, -0.2) is 33.3 Å². The lowest BCUT2D eigenvalue weighted by Crippen LogP contribution is -2.34. The fraction of sp³-hybridized carbons (Fsp3) is 0.667. The van der Waals surface area contributed by atoms with Gasteiger partial charge in [0.25, 0.3) is 5.91 Å². The van der Waals surface area contributed by atoms with E-state index in [2.05, 4.69) is 10.4 Å². The summed E-state index contributed by atoms with van der Waals surface area (Å²) in [5, 5.41) is 16.2. The molecule has 0 saturated carbocycles. The second-order valence-corrected chi connectivity index (χ2v) is 5.56. The van der Waals surface area contributed by atoms with Crippen molar-refractivity contribution in [1.82, 2.24) is 15.1 Å². The van der Waals surface area contributed by atoms with Crippen LogP contribution < -0.4 is 5.32 Å². The first-order valence-corrected chi connectivity index (χ1v) is 7.46. The van der Waals surface area contributed by atoms with E-state index in [1.165, 1.54) is 0 Å². The van der Waals surface area contributed by atoms with Crippen molar-refractivity contribution in [3.63, 3.8) is 0 Å². The van der Waals surface area contributed by atoms with Crippen molar-refractivity contribution >= 4 is 11.9 Å². The molecule has 1 aromatic rings. The monoisotopic (exact) mass is 295 g/mol. The van der Waals surface area contributed by atoms with Gasteiger partial charge in [0.15, 0.2) is 0 Å². The van der Waals surface area contributed by atoms with Crippen LogP contribution in [0.15, 0.2) is 6.07 Å². The molecule has 0 fully saturated rings. The molecule has 118 valence electrons. The van der Waals surface area contributed by atoms with Gasteiger partial charge in [-0.2, -0.15) is 5.10 Å². The van der Waals surface area contributed by atoms with Crippen molar-refractivity contribution in [3.8, 4) is 0 Å². The first kappa shape index (κ1) is 17.2. The van der Waals surface area contributed by atoms with Gasteiger partial charge < -0.3 is 10.4 Å². The number of carbonyl (C=O) groups excluding carboxylic acids is 1. The Morgan fingerprint density at radius 2 is 2.05 bits per heavy atom. The third-order valence-electron chi connectivity index (χ3n) is 3.34. The maximum Gasteiger partial charge on any atom is 0.308 e. The second-order valence-electron chi connectivity index (χ2n) is 5.56. The molecule has 6 nitrogen and oxygen atoms in total. The Kier molecular flexibility index (Phi) is 6.39. The largest absolute Gasteiger partial charge is 0.481 e. The zero-order valence-corrected chi connectivity index (χ0v) is 13.2. The van der Waals surface area contributed by atoms with Gasteiger partial charge in [0.05, 0.1) is 11.6 Å². The predicted molar refractivity (Wildman–Crippen MR) is 80.2 cm³/mol. The minimum absolute atomic E-state index is 0.142. The number of carboxylic acids is 1. The molecule has 0 bridgehead atoms. The lowest BCUT2D eigenvalue weighted by molar-refractivity contribution is -0.142. The van der Waals surface area contributed by atoms with E-state index in [4.69, 9.17) is 0 Å². The number of carboxylic acid groups (broad SMARTS) is 1. The highest BCUT2D eigenvalue weighted by Crippen LogP contribution is 2.12. The average molecular weight is 295 g/mol. The molecule has 1 rings (SSSR count). The van der Waals surface area contributed by atoms with Gasteiger partial charge in [0.2, 0.25) is 0 Å². The normalized spacial score (nSPS) is 12.4. The summed E-state index contributed by atoms with van der Waals surface area (Å²) in [7, 11) is 0. The maximum atomic E-state index is 12.2. The maximum absolute atomic E-state index is 12.2. The quantitative estimate of drug-likeness (QED) is 0.767. The zero-order chi connectivity index (χ0) is 16.0. The number of amides is 1. The van der Waals surface area contributed by atoms with Crippen molar-refractivity contribution in [2.45, 2.75) is 47.1 Å². The summed E-state index contributed by atoms with van der Waals surface area (Å²) in [5.41, 5.74) is 1.35. The van der Waals surface area contributed by atoms with E-state index in [1.54, 1.807) is 10.7 Å². The first-order valence-electron chi connectivity index (χ1n) is 7.46. The molecule has 0 radical (unpaired) electrons. The highest BCUT2D eigenvalue weighted by atomic mass is 16.4. The standard InChI is InChI=1S/C15H25N3O3/c1-5-12-8-13(18(6-2)17-12)14(19)16-9-11(15(20)21)7-10(3)4/h8,10-11H,5-7,9H2,1-4H3,(H,16,19)(H,20,21). The summed E-state index contributed by atoms with van der Waals surface area (Å²) >= 11 is 0. The van der Waals surface area contributed by atoms with Crippen LogP contribution in [0.2, 0.25) is 0 Å². The summed E-state index contributed by atoms with van der Waals surface area (Å²) in [6, 6.07) is 1.76. The molecule has 0 spiro atoms. The average Bonchev–Trinajstić information content (AvgIpc) is 2.85. The molecule has 0 aliphatic heterocycles. The molecule has 21 heavy (non-hydrogen) atoms. The minimum Gasteiger partial charge on any atom is -0.481 e. The van der Waals surface area contributed by atoms with E-state index in [0.717, 1.165) is 12.1 Å². The van der Waals surface area contributed by atoms with Crippen molar-refractivity contribution in [2.24, 2.45) is 11.8 Å². The topological polar surface area (TPSA) is 84.2 Å². The van der Waals surface area contributed by atoms with Gasteiger partial charge in [-0.15, -0.1) is 0 Å². The first-order chi connectivity index (χ1) is 9.88.